The minimum atomic E-state index is -0.411. The van der Waals surface area contributed by atoms with Crippen molar-refractivity contribution >= 4 is 11.6 Å². The van der Waals surface area contributed by atoms with E-state index in [9.17, 15) is 9.59 Å². The zero-order valence-electron chi connectivity index (χ0n) is 36.5. The van der Waals surface area contributed by atoms with E-state index < -0.39 is 5.41 Å². The summed E-state index contributed by atoms with van der Waals surface area (Å²) in [5.41, 5.74) is -0.350. The van der Waals surface area contributed by atoms with Crippen LogP contribution in [0.4, 0.5) is 0 Å². The molecular weight excluding hydrogens is 680 g/mol. The Morgan fingerprint density at radius 2 is 1.13 bits per heavy atom. The Hall–Kier alpha value is -1.16. The van der Waals surface area contributed by atoms with Gasteiger partial charge in [0.15, 0.2) is 0 Å². The quantitative estimate of drug-likeness (QED) is 0.161. The largest absolute Gasteiger partial charge is 0.381 e. The molecule has 8 nitrogen and oxygen atoms in total. The monoisotopic (exact) mass is 759 g/mol. The number of hydrogen-bond donors (Lipinski definition) is 0. The summed E-state index contributed by atoms with van der Waals surface area (Å²) in [7, 11) is 7.04. The van der Waals surface area contributed by atoms with Crippen molar-refractivity contribution in [3.05, 3.63) is 12.2 Å². The molecule has 6 rings (SSSR count). The third kappa shape index (κ3) is 6.95. The fraction of sp³-hybridized carbons (Fsp3) is 0.913. The predicted molar refractivity (Wildman–Crippen MR) is 213 cm³/mol. The van der Waals surface area contributed by atoms with Gasteiger partial charge >= 0.3 is 0 Å². The maximum Gasteiger partial charge on any atom is 0.146 e. The Kier molecular flexibility index (Phi) is 13.8. The first-order valence-electron chi connectivity index (χ1n) is 21.5. The van der Waals surface area contributed by atoms with Crippen molar-refractivity contribution in [3.8, 4) is 0 Å². The van der Waals surface area contributed by atoms with Gasteiger partial charge in [0, 0.05) is 62.4 Å². The number of ketones is 2. The first-order valence-corrected chi connectivity index (χ1v) is 21.5. The van der Waals surface area contributed by atoms with Crippen LogP contribution in [0.1, 0.15) is 133 Å². The SMILES string of the molecule is C/C=C/C[C@]1(C)C[C@@H](OCOC)[C@@]2(C)C3[C@H](OC)CCC3(CC[C@H]2C)[C@@H](C)C1=O.COCO[C@@H]1C[C@H](C)C(=O)[C@H](C)C23CC[C@@H](C)[C@]1(C)C2[C@H](OC)CC3. The van der Waals surface area contributed by atoms with Crippen LogP contribution in [0.2, 0.25) is 0 Å². The standard InChI is InChI=1S/C25H42O4.C21H36O4/c1-8-9-12-23(4)15-20(29-16-27-6)24(5)17(2)10-13-25(18(3)22(23)26)14-11-19(28-7)21(24)25;1-13-11-17(25-12-23-5)20(4)14(2)7-9-21(15(3)18(13)22)10-8-16(24-6)19(20)21/h8-9,17-21H,10-16H2,1-7H3;13-17,19H,7-12H2,1-6H3/b9-8+;/t17-,18+,19-,20-,21?,23-,24+,25?;13-,14+,15-,16+,17+,19?,20-,21?/m10/s1. The Morgan fingerprint density at radius 3 is 1.61 bits per heavy atom. The zero-order valence-corrected chi connectivity index (χ0v) is 36.5. The van der Waals surface area contributed by atoms with Gasteiger partial charge in [-0.2, -0.15) is 0 Å². The molecule has 0 aromatic carbocycles. The first-order chi connectivity index (χ1) is 25.5. The van der Waals surface area contributed by atoms with E-state index in [-0.39, 0.29) is 70.6 Å². The molecule has 310 valence electrons. The molecule has 0 amide bonds. The number of hydrogen-bond acceptors (Lipinski definition) is 8. The van der Waals surface area contributed by atoms with Gasteiger partial charge in [0.2, 0.25) is 0 Å². The fourth-order valence-electron chi connectivity index (χ4n) is 14.2. The normalized spacial score (nSPS) is 48.9. The van der Waals surface area contributed by atoms with E-state index in [1.165, 1.54) is 6.42 Å². The molecule has 0 saturated heterocycles. The summed E-state index contributed by atoms with van der Waals surface area (Å²) in [6.45, 7) is 20.8. The number of allylic oxidation sites excluding steroid dienone is 2. The predicted octanol–water partition coefficient (Wildman–Crippen LogP) is 9.47. The number of carbonyl (C=O) groups is 2. The van der Waals surface area contributed by atoms with Crippen LogP contribution >= 0.6 is 0 Å². The van der Waals surface area contributed by atoms with Crippen molar-refractivity contribution in [3.63, 3.8) is 0 Å². The highest BCUT2D eigenvalue weighted by Crippen LogP contribution is 2.70. The molecule has 0 heterocycles. The molecule has 0 N–H and O–H groups in total. The van der Waals surface area contributed by atoms with Gasteiger partial charge in [-0.1, -0.05) is 67.5 Å². The molecule has 0 radical (unpaired) electrons. The van der Waals surface area contributed by atoms with Crippen LogP contribution in [0.15, 0.2) is 12.2 Å². The third-order valence-electron chi connectivity index (χ3n) is 17.7. The van der Waals surface area contributed by atoms with Crippen LogP contribution < -0.4 is 0 Å². The van der Waals surface area contributed by atoms with Gasteiger partial charge in [-0.3, -0.25) is 9.59 Å². The number of rotatable bonds is 10. The Balaban J connectivity index is 0.000000210. The minimum absolute atomic E-state index is 0.0111. The van der Waals surface area contributed by atoms with Crippen molar-refractivity contribution in [2.45, 2.75) is 157 Å². The van der Waals surface area contributed by atoms with Crippen LogP contribution in [0.25, 0.3) is 0 Å². The second kappa shape index (κ2) is 17.0. The number of carbonyl (C=O) groups excluding carboxylic acids is 2. The smallest absolute Gasteiger partial charge is 0.146 e. The van der Waals surface area contributed by atoms with Crippen molar-refractivity contribution in [2.75, 3.05) is 42.0 Å². The molecule has 6 aliphatic rings. The van der Waals surface area contributed by atoms with E-state index in [1.54, 1.807) is 14.2 Å². The molecule has 0 aromatic heterocycles. The van der Waals surface area contributed by atoms with Gasteiger partial charge in [0.05, 0.1) is 24.4 Å². The summed E-state index contributed by atoms with van der Waals surface area (Å²) in [6, 6.07) is 0. The lowest BCUT2D eigenvalue weighted by Gasteiger charge is -2.62. The molecular formula is C46H78O8. The van der Waals surface area contributed by atoms with Crippen LogP contribution in [-0.2, 0) is 38.0 Å². The molecule has 8 heteroatoms. The average Bonchev–Trinajstić information content (AvgIpc) is 3.76. The maximum absolute atomic E-state index is 14.0. The lowest BCUT2D eigenvalue weighted by molar-refractivity contribution is -0.219. The van der Waals surface area contributed by atoms with E-state index in [4.69, 9.17) is 28.4 Å². The summed E-state index contributed by atoms with van der Waals surface area (Å²) < 4.78 is 35.3. The molecule has 0 aliphatic heterocycles. The number of methoxy groups -OCH3 is 4. The molecule has 6 aliphatic carbocycles. The average molecular weight is 759 g/mol. The van der Waals surface area contributed by atoms with Crippen LogP contribution in [-0.4, -0.2) is 78.0 Å². The van der Waals surface area contributed by atoms with Crippen LogP contribution in [0, 0.1) is 68.5 Å². The Bertz CT molecular complexity index is 1330. The van der Waals surface area contributed by atoms with E-state index in [0.29, 0.717) is 42.0 Å². The molecule has 6 saturated carbocycles. The number of ether oxygens (including phenoxy) is 6. The summed E-state index contributed by atoms with van der Waals surface area (Å²) in [5.74, 6) is 2.84. The van der Waals surface area contributed by atoms with Crippen molar-refractivity contribution < 1.29 is 38.0 Å². The Labute approximate surface area is 328 Å². The van der Waals surface area contributed by atoms with E-state index in [0.717, 1.165) is 64.2 Å². The number of Topliss-reactive ketones (excluding diaryl/α,β-unsaturated/α-hetero) is 2. The van der Waals surface area contributed by atoms with Gasteiger partial charge in [0.1, 0.15) is 25.2 Å². The highest BCUT2D eigenvalue weighted by Gasteiger charge is 2.69. The lowest BCUT2D eigenvalue weighted by atomic mass is 9.43. The second-order valence-corrected chi connectivity index (χ2v) is 19.7. The fourth-order valence-corrected chi connectivity index (χ4v) is 14.2. The van der Waals surface area contributed by atoms with Crippen molar-refractivity contribution in [1.82, 2.24) is 0 Å². The molecule has 54 heavy (non-hydrogen) atoms. The lowest BCUT2D eigenvalue weighted by Crippen LogP contribution is -2.62. The van der Waals surface area contributed by atoms with Crippen LogP contribution in [0.3, 0.4) is 0 Å². The molecule has 16 atom stereocenters. The van der Waals surface area contributed by atoms with Gasteiger partial charge in [-0.05, 0) is 112 Å². The minimum Gasteiger partial charge on any atom is -0.381 e. The molecule has 4 unspecified atom stereocenters. The molecule has 6 fully saturated rings. The van der Waals surface area contributed by atoms with Crippen molar-refractivity contribution in [2.24, 2.45) is 68.5 Å². The summed E-state index contributed by atoms with van der Waals surface area (Å²) in [4.78, 5) is 27.2. The van der Waals surface area contributed by atoms with E-state index in [1.807, 2.05) is 21.1 Å². The van der Waals surface area contributed by atoms with Crippen LogP contribution in [0.5, 0.6) is 0 Å². The summed E-state index contributed by atoms with van der Waals surface area (Å²) in [6.07, 6.45) is 15.9. The summed E-state index contributed by atoms with van der Waals surface area (Å²) >= 11 is 0. The van der Waals surface area contributed by atoms with Gasteiger partial charge in [-0.15, -0.1) is 0 Å². The molecule has 0 spiro atoms. The third-order valence-corrected chi connectivity index (χ3v) is 17.7. The topological polar surface area (TPSA) is 89.5 Å². The Morgan fingerprint density at radius 1 is 0.667 bits per heavy atom. The second-order valence-electron chi connectivity index (χ2n) is 19.7. The van der Waals surface area contributed by atoms with Gasteiger partial charge in [0.25, 0.3) is 0 Å². The first kappa shape index (κ1) is 44.0. The molecule has 4 bridgehead atoms. The molecule has 0 aromatic rings. The van der Waals surface area contributed by atoms with Crippen molar-refractivity contribution in [1.29, 1.82) is 0 Å². The van der Waals surface area contributed by atoms with E-state index >= 15 is 0 Å². The van der Waals surface area contributed by atoms with Gasteiger partial charge < -0.3 is 28.4 Å². The highest BCUT2D eigenvalue weighted by molar-refractivity contribution is 5.88. The summed E-state index contributed by atoms with van der Waals surface area (Å²) in [5, 5.41) is 0. The maximum atomic E-state index is 14.0. The highest BCUT2D eigenvalue weighted by atomic mass is 16.7. The van der Waals surface area contributed by atoms with Gasteiger partial charge in [-0.25, -0.2) is 0 Å². The zero-order chi connectivity index (χ0) is 39.9. The van der Waals surface area contributed by atoms with E-state index in [2.05, 4.69) is 67.5 Å².